The van der Waals surface area contributed by atoms with Gasteiger partial charge in [-0.05, 0) is 31.6 Å². The Morgan fingerprint density at radius 2 is 2.05 bits per heavy atom. The molecule has 0 saturated heterocycles. The molecule has 4 N–H and O–H groups in total. The van der Waals surface area contributed by atoms with Crippen molar-refractivity contribution >= 4 is 26.2 Å². The van der Waals surface area contributed by atoms with Crippen molar-refractivity contribution < 1.29 is 0 Å². The lowest BCUT2D eigenvalue weighted by atomic mass is 10.1. The zero-order valence-electron chi connectivity index (χ0n) is 12.9. The third-order valence-corrected chi connectivity index (χ3v) is 4.22. The van der Waals surface area contributed by atoms with Crippen molar-refractivity contribution in [2.45, 2.75) is 13.8 Å². The first-order valence-corrected chi connectivity index (χ1v) is 8.30. The molecule has 4 nitrogen and oxygen atoms in total. The van der Waals surface area contributed by atoms with Crippen LogP contribution in [0.4, 0.5) is 0 Å². The third kappa shape index (κ3) is 4.15. The van der Waals surface area contributed by atoms with E-state index in [1.165, 1.54) is 5.57 Å². The van der Waals surface area contributed by atoms with Crippen LogP contribution in [0.3, 0.4) is 0 Å². The van der Waals surface area contributed by atoms with Gasteiger partial charge in [0.1, 0.15) is 12.2 Å². The van der Waals surface area contributed by atoms with Crippen LogP contribution in [0.5, 0.6) is 0 Å². The van der Waals surface area contributed by atoms with Crippen molar-refractivity contribution in [2.75, 3.05) is 6.16 Å². The Kier molecular flexibility index (Phi) is 5.68. The van der Waals surface area contributed by atoms with Crippen LogP contribution in [-0.2, 0) is 0 Å². The second-order valence-electron chi connectivity index (χ2n) is 5.14. The van der Waals surface area contributed by atoms with Crippen LogP contribution in [-0.4, -0.2) is 23.3 Å². The lowest BCUT2D eigenvalue weighted by molar-refractivity contribution is 1.36. The largest absolute Gasteiger partial charge is 0.382 e. The molecule has 1 unspecified atom stereocenters. The van der Waals surface area contributed by atoms with Gasteiger partial charge in [-0.3, -0.25) is 5.41 Å². The molecule has 1 aromatic heterocycles. The summed E-state index contributed by atoms with van der Waals surface area (Å²) < 4.78 is 0. The molecule has 0 amide bonds. The SMILES string of the molecule is CC(C)=CCPc1cc(-c2ccccc2)c(/C(N)=N\C=N)[nH]1. The number of benzene rings is 1. The Hall–Kier alpha value is -2.19. The number of aliphatic imine (C=N–C) groups is 1. The number of hydrogen-bond acceptors (Lipinski definition) is 1. The zero-order chi connectivity index (χ0) is 15.9. The second-order valence-corrected chi connectivity index (χ2v) is 6.44. The molecule has 1 aromatic carbocycles. The highest BCUT2D eigenvalue weighted by molar-refractivity contribution is 7.47. The number of nitrogens with zero attached hydrogens (tertiary/aromatic N) is 1. The van der Waals surface area contributed by atoms with Crippen LogP contribution in [0.15, 0.2) is 53.0 Å². The van der Waals surface area contributed by atoms with Gasteiger partial charge in [0, 0.05) is 11.0 Å². The summed E-state index contributed by atoms with van der Waals surface area (Å²) in [7, 11) is 0.655. The van der Waals surface area contributed by atoms with Gasteiger partial charge in [0.25, 0.3) is 0 Å². The van der Waals surface area contributed by atoms with Gasteiger partial charge in [-0.2, -0.15) is 0 Å². The van der Waals surface area contributed by atoms with Gasteiger partial charge in [-0.1, -0.05) is 50.6 Å². The summed E-state index contributed by atoms with van der Waals surface area (Å²) in [6.45, 7) is 4.21. The highest BCUT2D eigenvalue weighted by Crippen LogP contribution is 2.24. The van der Waals surface area contributed by atoms with Crippen molar-refractivity contribution in [3.05, 3.63) is 53.7 Å². The van der Waals surface area contributed by atoms with E-state index in [1.54, 1.807) is 0 Å². The molecule has 0 saturated carbocycles. The van der Waals surface area contributed by atoms with Crippen LogP contribution in [0.1, 0.15) is 19.5 Å². The van der Waals surface area contributed by atoms with Crippen LogP contribution < -0.4 is 11.2 Å². The maximum absolute atomic E-state index is 7.11. The highest BCUT2D eigenvalue weighted by atomic mass is 31.1. The molecule has 0 aliphatic carbocycles. The molecule has 114 valence electrons. The molecule has 0 spiro atoms. The summed E-state index contributed by atoms with van der Waals surface area (Å²) in [5.41, 5.74) is 11.4. The van der Waals surface area contributed by atoms with Gasteiger partial charge in [-0.25, -0.2) is 4.99 Å². The minimum absolute atomic E-state index is 0.340. The van der Waals surface area contributed by atoms with E-state index in [4.69, 9.17) is 11.1 Å². The lowest BCUT2D eigenvalue weighted by Crippen LogP contribution is -2.16. The molecule has 0 aliphatic rings. The Labute approximate surface area is 132 Å². The lowest BCUT2D eigenvalue weighted by Gasteiger charge is -2.02. The molecule has 5 heteroatoms. The maximum atomic E-state index is 7.11. The van der Waals surface area contributed by atoms with Gasteiger partial charge in [0.2, 0.25) is 0 Å². The molecule has 1 heterocycles. The van der Waals surface area contributed by atoms with E-state index in [1.807, 2.05) is 30.3 Å². The number of amidine groups is 1. The molecule has 22 heavy (non-hydrogen) atoms. The van der Waals surface area contributed by atoms with Crippen LogP contribution in [0.25, 0.3) is 11.1 Å². The van der Waals surface area contributed by atoms with Crippen LogP contribution in [0, 0.1) is 5.41 Å². The van der Waals surface area contributed by atoms with Gasteiger partial charge in [-0.15, -0.1) is 0 Å². The van der Waals surface area contributed by atoms with E-state index in [2.05, 4.69) is 36.0 Å². The first kappa shape index (κ1) is 16.2. The average molecular weight is 312 g/mol. The Balaban J connectivity index is 2.37. The number of nitrogens with two attached hydrogens (primary N) is 1. The predicted octanol–water partition coefficient (Wildman–Crippen LogP) is 3.26. The minimum Gasteiger partial charge on any atom is -0.382 e. The summed E-state index contributed by atoms with van der Waals surface area (Å²) in [6, 6.07) is 12.2. The van der Waals surface area contributed by atoms with E-state index >= 15 is 0 Å². The van der Waals surface area contributed by atoms with E-state index < -0.39 is 0 Å². The fraction of sp³-hybridized carbons (Fsp3) is 0.176. The summed E-state index contributed by atoms with van der Waals surface area (Å²) >= 11 is 0. The molecule has 1 atom stereocenters. The number of hydrogen-bond donors (Lipinski definition) is 3. The minimum atomic E-state index is 0.340. The van der Waals surface area contributed by atoms with E-state index in [-0.39, 0.29) is 0 Å². The zero-order valence-corrected chi connectivity index (χ0v) is 13.9. The van der Waals surface area contributed by atoms with Crippen molar-refractivity contribution in [1.29, 1.82) is 5.41 Å². The van der Waals surface area contributed by atoms with Gasteiger partial charge < -0.3 is 10.7 Å². The Bertz CT molecular complexity index is 695. The topological polar surface area (TPSA) is 78.0 Å². The number of aromatic nitrogens is 1. The Morgan fingerprint density at radius 3 is 2.68 bits per heavy atom. The third-order valence-electron chi connectivity index (χ3n) is 3.17. The average Bonchev–Trinajstić information content (AvgIpc) is 2.92. The summed E-state index contributed by atoms with van der Waals surface area (Å²) in [6.07, 6.45) is 4.21. The molecule has 0 fully saturated rings. The number of aromatic amines is 1. The van der Waals surface area contributed by atoms with Crippen LogP contribution >= 0.6 is 8.58 Å². The maximum Gasteiger partial charge on any atom is 0.149 e. The van der Waals surface area contributed by atoms with E-state index in [0.29, 0.717) is 14.4 Å². The standard InChI is InChI=1S/C17H21N4P/c1-12(2)8-9-22-15-10-14(13-6-4-3-5-7-13)16(21-15)17(19)20-11-18/h3-8,10-11,21-22H,9H2,1-2H3,(H3,18,19,20). The summed E-state index contributed by atoms with van der Waals surface area (Å²) in [5.74, 6) is 0.340. The summed E-state index contributed by atoms with van der Waals surface area (Å²) in [5, 5.41) is 7.11. The predicted molar refractivity (Wildman–Crippen MR) is 98.0 cm³/mol. The van der Waals surface area contributed by atoms with Crippen molar-refractivity contribution in [3.8, 4) is 11.1 Å². The monoisotopic (exact) mass is 312 g/mol. The van der Waals surface area contributed by atoms with Crippen molar-refractivity contribution in [3.63, 3.8) is 0 Å². The molecule has 0 radical (unpaired) electrons. The van der Waals surface area contributed by atoms with Gasteiger partial charge in [0.15, 0.2) is 0 Å². The molecular weight excluding hydrogens is 291 g/mol. The first-order valence-electron chi connectivity index (χ1n) is 7.10. The number of nitrogens with one attached hydrogen (secondary N) is 2. The molecule has 0 bridgehead atoms. The molecule has 0 aliphatic heterocycles. The normalized spacial score (nSPS) is 11.8. The molecule has 2 aromatic rings. The van der Waals surface area contributed by atoms with Crippen LogP contribution in [0.2, 0.25) is 0 Å². The van der Waals surface area contributed by atoms with E-state index in [9.17, 15) is 0 Å². The quantitative estimate of drug-likeness (QED) is 0.325. The van der Waals surface area contributed by atoms with Gasteiger partial charge in [0.05, 0.1) is 5.69 Å². The second kappa shape index (κ2) is 7.71. The molecule has 2 rings (SSSR count). The van der Waals surface area contributed by atoms with Gasteiger partial charge >= 0.3 is 0 Å². The Morgan fingerprint density at radius 1 is 1.32 bits per heavy atom. The number of allylic oxidation sites excluding steroid dienone is 2. The fourth-order valence-electron chi connectivity index (χ4n) is 2.10. The van der Waals surface area contributed by atoms with Crippen molar-refractivity contribution in [1.82, 2.24) is 4.98 Å². The smallest absolute Gasteiger partial charge is 0.149 e. The number of H-pyrrole nitrogens is 1. The summed E-state index contributed by atoms with van der Waals surface area (Å²) in [4.78, 5) is 7.26. The van der Waals surface area contributed by atoms with E-state index in [0.717, 1.165) is 34.8 Å². The first-order chi connectivity index (χ1) is 10.6. The highest BCUT2D eigenvalue weighted by Gasteiger charge is 2.12. The molecular formula is C17H21N4P. The number of rotatable bonds is 6. The van der Waals surface area contributed by atoms with Crippen molar-refractivity contribution in [2.24, 2.45) is 10.7 Å². The fourth-order valence-corrected chi connectivity index (χ4v) is 3.29.